The highest BCUT2D eigenvalue weighted by Crippen LogP contribution is 2.29. The molecule has 1 aromatic carbocycles. The second-order valence-electron chi connectivity index (χ2n) is 5.21. The van der Waals surface area contributed by atoms with Crippen LogP contribution in [0.5, 0.6) is 5.75 Å². The fraction of sp³-hybridized carbons (Fsp3) is 0.500. The minimum Gasteiger partial charge on any atom is -0.409 e. The van der Waals surface area contributed by atoms with E-state index in [1.54, 1.807) is 6.07 Å². The van der Waals surface area contributed by atoms with E-state index in [2.05, 4.69) is 36.8 Å². The molecule has 3 aliphatic heterocycles. The first kappa shape index (κ1) is 14.4. The highest BCUT2D eigenvalue weighted by molar-refractivity contribution is 9.11. The number of ether oxygens (including phenoxy) is 1. The molecule has 0 saturated carbocycles. The van der Waals surface area contributed by atoms with Crippen molar-refractivity contribution < 1.29 is 9.53 Å². The molecule has 4 nitrogen and oxygen atoms in total. The summed E-state index contributed by atoms with van der Waals surface area (Å²) < 4.78 is 7.28. The van der Waals surface area contributed by atoms with E-state index < -0.39 is 0 Å². The first-order chi connectivity index (χ1) is 9.63. The van der Waals surface area contributed by atoms with Crippen LogP contribution in [0.15, 0.2) is 27.1 Å². The molecule has 0 radical (unpaired) electrons. The number of amides is 1. The highest BCUT2D eigenvalue weighted by atomic mass is 79.9. The third-order valence-corrected chi connectivity index (χ3v) is 5.09. The van der Waals surface area contributed by atoms with E-state index in [1.165, 1.54) is 0 Å². The number of carbonyl (C=O) groups is 1. The van der Waals surface area contributed by atoms with E-state index in [0.29, 0.717) is 11.8 Å². The minimum atomic E-state index is -0.234. The Balaban J connectivity index is 1.72. The van der Waals surface area contributed by atoms with Gasteiger partial charge in [0.15, 0.2) is 0 Å². The summed E-state index contributed by atoms with van der Waals surface area (Å²) in [5, 5.41) is 0. The van der Waals surface area contributed by atoms with Gasteiger partial charge in [0, 0.05) is 36.7 Å². The average Bonchev–Trinajstić information content (AvgIpc) is 2.75. The Morgan fingerprint density at radius 3 is 2.60 bits per heavy atom. The molecule has 0 aliphatic carbocycles. The van der Waals surface area contributed by atoms with Gasteiger partial charge in [0.1, 0.15) is 5.75 Å². The van der Waals surface area contributed by atoms with Crippen molar-refractivity contribution >= 4 is 38.0 Å². The molecule has 0 N–H and O–H groups in total. The zero-order valence-corrected chi connectivity index (χ0v) is 14.2. The van der Waals surface area contributed by atoms with E-state index in [4.69, 9.17) is 4.74 Å². The molecule has 1 amide bonds. The molecule has 20 heavy (non-hydrogen) atoms. The maximum Gasteiger partial charge on any atom is 0.415 e. The van der Waals surface area contributed by atoms with Gasteiger partial charge in [-0.05, 0) is 47.0 Å². The number of hydrogen-bond donors (Lipinski definition) is 0. The van der Waals surface area contributed by atoms with Gasteiger partial charge >= 0.3 is 6.09 Å². The molecule has 2 bridgehead atoms. The molecule has 108 valence electrons. The number of benzene rings is 1. The van der Waals surface area contributed by atoms with Gasteiger partial charge in [0.2, 0.25) is 0 Å². The van der Waals surface area contributed by atoms with Crippen LogP contribution in [0.25, 0.3) is 0 Å². The van der Waals surface area contributed by atoms with Gasteiger partial charge in [-0.15, -0.1) is 0 Å². The fourth-order valence-corrected chi connectivity index (χ4v) is 3.97. The number of carbonyl (C=O) groups excluding carboxylic acids is 1. The van der Waals surface area contributed by atoms with Crippen LogP contribution in [0.3, 0.4) is 0 Å². The Morgan fingerprint density at radius 1 is 1.15 bits per heavy atom. The van der Waals surface area contributed by atoms with Crippen LogP contribution in [0, 0.1) is 0 Å². The van der Waals surface area contributed by atoms with Crippen LogP contribution < -0.4 is 4.74 Å². The SMILES string of the molecule is O=C(Oc1ccc(Br)cc1Br)N1CCN2CCC1CC2. The monoisotopic (exact) mass is 402 g/mol. The predicted molar refractivity (Wildman–Crippen MR) is 84.0 cm³/mol. The Hall–Kier alpha value is -0.590. The van der Waals surface area contributed by atoms with E-state index in [1.807, 2.05) is 17.0 Å². The number of piperidine rings is 1. The Morgan fingerprint density at radius 2 is 1.90 bits per heavy atom. The second-order valence-corrected chi connectivity index (χ2v) is 6.98. The minimum absolute atomic E-state index is 0.234. The average molecular weight is 404 g/mol. The van der Waals surface area contributed by atoms with Crippen LogP contribution in [-0.4, -0.2) is 48.1 Å². The van der Waals surface area contributed by atoms with Gasteiger partial charge in [-0.3, -0.25) is 0 Å². The zero-order valence-electron chi connectivity index (χ0n) is 11.0. The van der Waals surface area contributed by atoms with Crippen molar-refractivity contribution in [2.75, 3.05) is 26.2 Å². The highest BCUT2D eigenvalue weighted by Gasteiger charge is 2.33. The van der Waals surface area contributed by atoms with Gasteiger partial charge < -0.3 is 14.5 Å². The zero-order chi connectivity index (χ0) is 14.1. The van der Waals surface area contributed by atoms with Crippen molar-refractivity contribution in [2.45, 2.75) is 18.9 Å². The van der Waals surface area contributed by atoms with Crippen LogP contribution in [0.1, 0.15) is 12.8 Å². The van der Waals surface area contributed by atoms with Gasteiger partial charge in [0.05, 0.1) is 4.47 Å². The molecule has 0 spiro atoms. The van der Waals surface area contributed by atoms with Crippen LogP contribution in [0.2, 0.25) is 0 Å². The molecular formula is C14H16Br2N2O2. The smallest absolute Gasteiger partial charge is 0.409 e. The number of nitrogens with zero attached hydrogens (tertiary/aromatic N) is 2. The Kier molecular flexibility index (Phi) is 4.33. The molecule has 0 atom stereocenters. The van der Waals surface area contributed by atoms with E-state index in [-0.39, 0.29) is 6.09 Å². The summed E-state index contributed by atoms with van der Waals surface area (Å²) in [7, 11) is 0. The van der Waals surface area contributed by atoms with Gasteiger partial charge in [-0.2, -0.15) is 0 Å². The summed E-state index contributed by atoms with van der Waals surface area (Å²) >= 11 is 6.81. The molecule has 1 aromatic rings. The quantitative estimate of drug-likeness (QED) is 0.719. The molecule has 4 rings (SSSR count). The lowest BCUT2D eigenvalue weighted by atomic mass is 10.1. The predicted octanol–water partition coefficient (Wildman–Crippen LogP) is 3.49. The van der Waals surface area contributed by atoms with E-state index >= 15 is 0 Å². The maximum atomic E-state index is 12.4. The normalized spacial score (nSPS) is 25.4. The topological polar surface area (TPSA) is 32.8 Å². The summed E-state index contributed by atoms with van der Waals surface area (Å²) in [6.45, 7) is 3.90. The van der Waals surface area contributed by atoms with Crippen molar-refractivity contribution in [2.24, 2.45) is 0 Å². The fourth-order valence-electron chi connectivity index (χ4n) is 2.84. The summed E-state index contributed by atoms with van der Waals surface area (Å²) in [6, 6.07) is 5.87. The van der Waals surface area contributed by atoms with Crippen molar-refractivity contribution in [1.82, 2.24) is 9.80 Å². The second kappa shape index (κ2) is 6.03. The number of hydrogen-bond acceptors (Lipinski definition) is 3. The summed E-state index contributed by atoms with van der Waals surface area (Å²) in [5.41, 5.74) is 0. The van der Waals surface area contributed by atoms with Crippen molar-refractivity contribution in [3.8, 4) is 5.75 Å². The van der Waals surface area contributed by atoms with Crippen LogP contribution >= 0.6 is 31.9 Å². The Bertz CT molecular complexity index is 516. The lowest BCUT2D eigenvalue weighted by Gasteiger charge is -2.30. The van der Waals surface area contributed by atoms with Crippen LogP contribution in [-0.2, 0) is 0 Å². The first-order valence-corrected chi connectivity index (χ1v) is 8.38. The number of halogens is 2. The van der Waals surface area contributed by atoms with Gasteiger partial charge in [-0.25, -0.2) is 4.79 Å². The molecule has 3 aliphatic rings. The van der Waals surface area contributed by atoms with Gasteiger partial charge in [-0.1, -0.05) is 15.9 Å². The van der Waals surface area contributed by atoms with Crippen LogP contribution in [0.4, 0.5) is 4.79 Å². The summed E-state index contributed by atoms with van der Waals surface area (Å²) in [4.78, 5) is 16.7. The summed E-state index contributed by atoms with van der Waals surface area (Å²) in [6.07, 6.45) is 1.87. The molecular weight excluding hydrogens is 388 g/mol. The largest absolute Gasteiger partial charge is 0.415 e. The lowest BCUT2D eigenvalue weighted by molar-refractivity contribution is 0.130. The lowest BCUT2D eigenvalue weighted by Crippen LogP contribution is -2.43. The molecule has 0 aromatic heterocycles. The van der Waals surface area contributed by atoms with Crippen molar-refractivity contribution in [3.63, 3.8) is 0 Å². The molecule has 3 saturated heterocycles. The van der Waals surface area contributed by atoms with E-state index in [0.717, 1.165) is 48.0 Å². The maximum absolute atomic E-state index is 12.4. The molecule has 6 heteroatoms. The first-order valence-electron chi connectivity index (χ1n) is 6.79. The van der Waals surface area contributed by atoms with Crippen molar-refractivity contribution in [1.29, 1.82) is 0 Å². The molecule has 3 fully saturated rings. The number of fused-ring (bicyclic) bond motifs is 4. The third-order valence-electron chi connectivity index (χ3n) is 3.98. The standard InChI is InChI=1S/C14H16Br2N2O2/c15-10-1-2-13(12(16)9-10)20-14(19)18-8-7-17-5-3-11(18)4-6-17/h1-2,9,11H,3-8H2. The Labute approximate surface area is 135 Å². The van der Waals surface area contributed by atoms with Crippen molar-refractivity contribution in [3.05, 3.63) is 27.1 Å². The van der Waals surface area contributed by atoms with E-state index in [9.17, 15) is 4.79 Å². The summed E-state index contributed by atoms with van der Waals surface area (Å²) in [5.74, 6) is 0.567. The number of rotatable bonds is 1. The van der Waals surface area contributed by atoms with Gasteiger partial charge in [0.25, 0.3) is 0 Å². The third kappa shape index (κ3) is 3.02. The molecule has 0 unspecified atom stereocenters. The molecule has 3 heterocycles.